The molecule has 0 bridgehead atoms. The van der Waals surface area contributed by atoms with E-state index in [4.69, 9.17) is 4.74 Å². The molecule has 0 aliphatic rings. The molecular weight excluding hydrogens is 360 g/mol. The Hall–Kier alpha value is -2.77. The van der Waals surface area contributed by atoms with Crippen LogP contribution in [-0.4, -0.2) is 45.7 Å². The maximum absolute atomic E-state index is 12.1. The fraction of sp³-hybridized carbons (Fsp3) is 0.550. The van der Waals surface area contributed by atoms with Gasteiger partial charge in [0.25, 0.3) is 5.82 Å². The Morgan fingerprint density at radius 2 is 1.75 bits per heavy atom. The van der Waals surface area contributed by atoms with Crippen molar-refractivity contribution in [1.82, 2.24) is 20.2 Å². The first-order chi connectivity index (χ1) is 13.6. The molecule has 8 nitrogen and oxygen atoms in total. The number of ether oxygens (including phenoxy) is 2. The van der Waals surface area contributed by atoms with Crippen molar-refractivity contribution in [2.24, 2.45) is 0 Å². The normalized spacial score (nSPS) is 10.6. The summed E-state index contributed by atoms with van der Waals surface area (Å²) < 4.78 is 11.2. The van der Waals surface area contributed by atoms with Crippen molar-refractivity contribution >= 4 is 11.8 Å². The molecular formula is C20H28N4O4. The average molecular weight is 388 g/mol. The number of nitrogens with zero attached hydrogens (tertiary/aromatic N) is 4. The Labute approximate surface area is 165 Å². The molecule has 152 valence electrons. The minimum absolute atomic E-state index is 0.116. The zero-order valence-corrected chi connectivity index (χ0v) is 16.6. The lowest BCUT2D eigenvalue weighted by Crippen LogP contribution is -2.22. The van der Waals surface area contributed by atoms with E-state index in [0.717, 1.165) is 11.1 Å². The summed E-state index contributed by atoms with van der Waals surface area (Å²) in [6.07, 6.45) is 8.72. The summed E-state index contributed by atoms with van der Waals surface area (Å²) in [5.41, 5.74) is 1.27. The van der Waals surface area contributed by atoms with Crippen LogP contribution in [0.15, 0.2) is 24.3 Å². The average Bonchev–Trinajstić information content (AvgIpc) is 3.17. The molecule has 0 radical (unpaired) electrons. The number of tetrazole rings is 1. The van der Waals surface area contributed by atoms with Crippen LogP contribution in [0.5, 0.6) is 5.75 Å². The van der Waals surface area contributed by atoms with E-state index in [9.17, 15) is 9.59 Å². The highest BCUT2D eigenvalue weighted by Gasteiger charge is 2.18. The Morgan fingerprint density at radius 3 is 2.46 bits per heavy atom. The van der Waals surface area contributed by atoms with Crippen LogP contribution in [-0.2, 0) is 22.5 Å². The Balaban J connectivity index is 1.72. The van der Waals surface area contributed by atoms with Gasteiger partial charge in [-0.2, -0.15) is 0 Å². The minimum Gasteiger partial charge on any atom is -0.486 e. The van der Waals surface area contributed by atoms with E-state index >= 15 is 0 Å². The molecule has 0 unspecified atom stereocenters. The number of Topliss-reactive ketones (excluding diaryl/α,β-unsaturated/α-hetero) is 1. The monoisotopic (exact) mass is 388 g/mol. The van der Waals surface area contributed by atoms with Crippen molar-refractivity contribution < 1.29 is 19.1 Å². The molecule has 1 aromatic carbocycles. The van der Waals surface area contributed by atoms with E-state index in [2.05, 4.69) is 27.2 Å². The van der Waals surface area contributed by atoms with Gasteiger partial charge in [-0.05, 0) is 41.0 Å². The summed E-state index contributed by atoms with van der Waals surface area (Å²) in [4.78, 5) is 23.6. The van der Waals surface area contributed by atoms with Crippen molar-refractivity contribution in [1.29, 1.82) is 0 Å². The third-order valence-electron chi connectivity index (χ3n) is 4.37. The fourth-order valence-corrected chi connectivity index (χ4v) is 2.79. The first-order valence-corrected chi connectivity index (χ1v) is 9.72. The zero-order valence-electron chi connectivity index (χ0n) is 16.6. The van der Waals surface area contributed by atoms with Crippen LogP contribution in [0.3, 0.4) is 0 Å². The lowest BCUT2D eigenvalue weighted by atomic mass is 10.0. The molecule has 1 aromatic heterocycles. The van der Waals surface area contributed by atoms with Crippen molar-refractivity contribution in [2.75, 3.05) is 13.7 Å². The van der Waals surface area contributed by atoms with Gasteiger partial charge in [-0.1, -0.05) is 51.2 Å². The lowest BCUT2D eigenvalue weighted by Gasteiger charge is -2.07. The van der Waals surface area contributed by atoms with Crippen LogP contribution >= 0.6 is 0 Å². The third kappa shape index (κ3) is 7.09. The van der Waals surface area contributed by atoms with Gasteiger partial charge < -0.3 is 9.47 Å². The highest BCUT2D eigenvalue weighted by atomic mass is 16.5. The first-order valence-electron chi connectivity index (χ1n) is 9.72. The Morgan fingerprint density at radius 1 is 1.04 bits per heavy atom. The predicted molar refractivity (Wildman–Crippen MR) is 103 cm³/mol. The maximum atomic E-state index is 12.1. The molecule has 0 N–H and O–H groups in total. The summed E-state index contributed by atoms with van der Waals surface area (Å²) >= 11 is 0. The first kappa shape index (κ1) is 21.5. The number of rotatable bonds is 13. The number of aromatic nitrogens is 4. The lowest BCUT2D eigenvalue weighted by molar-refractivity contribution is -0.121. The fourth-order valence-electron chi connectivity index (χ4n) is 2.79. The predicted octanol–water partition coefficient (Wildman–Crippen LogP) is 3.01. The number of esters is 1. The minimum atomic E-state index is -0.695. The highest BCUT2D eigenvalue weighted by molar-refractivity contribution is 5.86. The second-order valence-electron chi connectivity index (χ2n) is 6.64. The van der Waals surface area contributed by atoms with Gasteiger partial charge in [0.2, 0.25) is 0 Å². The molecule has 1 heterocycles. The number of carbonyl (C=O) groups is 2. The Kier molecular flexibility index (Phi) is 9.10. The molecule has 0 saturated heterocycles. The number of aryl methyl sites for hydroxylation is 1. The van der Waals surface area contributed by atoms with E-state index in [-0.39, 0.29) is 24.8 Å². The van der Waals surface area contributed by atoms with Crippen LogP contribution in [0.1, 0.15) is 61.6 Å². The summed E-state index contributed by atoms with van der Waals surface area (Å²) in [5, 5.41) is 10.6. The molecule has 2 aromatic rings. The van der Waals surface area contributed by atoms with Gasteiger partial charge in [0.1, 0.15) is 18.9 Å². The largest absolute Gasteiger partial charge is 0.486 e. The number of unbranched alkanes of at least 4 members (excludes halogenated alkanes) is 5. The quantitative estimate of drug-likeness (QED) is 0.384. The van der Waals surface area contributed by atoms with E-state index in [1.807, 2.05) is 24.3 Å². The van der Waals surface area contributed by atoms with Crippen LogP contribution < -0.4 is 4.74 Å². The van der Waals surface area contributed by atoms with E-state index in [1.165, 1.54) is 51.2 Å². The van der Waals surface area contributed by atoms with Crippen LogP contribution in [0.25, 0.3) is 0 Å². The van der Waals surface area contributed by atoms with Gasteiger partial charge in [0.15, 0.2) is 5.78 Å². The van der Waals surface area contributed by atoms with E-state index in [1.54, 1.807) is 0 Å². The molecule has 0 saturated carbocycles. The Bertz CT molecular complexity index is 743. The van der Waals surface area contributed by atoms with Gasteiger partial charge in [0.05, 0.1) is 7.11 Å². The molecule has 28 heavy (non-hydrogen) atoms. The number of hydrogen-bond acceptors (Lipinski definition) is 7. The van der Waals surface area contributed by atoms with Gasteiger partial charge in [-0.25, -0.2) is 9.48 Å². The highest BCUT2D eigenvalue weighted by Crippen LogP contribution is 2.15. The molecule has 0 aliphatic heterocycles. The van der Waals surface area contributed by atoms with E-state index < -0.39 is 5.97 Å². The number of carbonyl (C=O) groups excluding carboxylic acids is 2. The molecule has 0 atom stereocenters. The van der Waals surface area contributed by atoms with Crippen LogP contribution in [0.4, 0.5) is 0 Å². The molecule has 8 heteroatoms. The maximum Gasteiger partial charge on any atom is 0.377 e. The number of ketones is 1. The van der Waals surface area contributed by atoms with Crippen LogP contribution in [0, 0.1) is 0 Å². The second-order valence-corrected chi connectivity index (χ2v) is 6.64. The summed E-state index contributed by atoms with van der Waals surface area (Å²) in [7, 11) is 1.22. The summed E-state index contributed by atoms with van der Waals surface area (Å²) in [6, 6.07) is 7.80. The van der Waals surface area contributed by atoms with Crippen molar-refractivity contribution in [2.45, 2.75) is 58.4 Å². The van der Waals surface area contributed by atoms with Crippen molar-refractivity contribution in [3.8, 4) is 5.75 Å². The molecule has 0 amide bonds. The SMILES string of the molecule is CCCCCCCCc1ccc(OCC(=O)Cn2nnnc2C(=O)OC)cc1. The van der Waals surface area contributed by atoms with Gasteiger partial charge >= 0.3 is 5.97 Å². The van der Waals surface area contributed by atoms with Gasteiger partial charge in [-0.15, -0.1) is 5.10 Å². The number of hydrogen-bond donors (Lipinski definition) is 0. The number of methoxy groups -OCH3 is 1. The molecule has 0 aliphatic carbocycles. The van der Waals surface area contributed by atoms with Gasteiger partial charge in [-0.3, -0.25) is 4.79 Å². The van der Waals surface area contributed by atoms with Crippen LogP contribution in [0.2, 0.25) is 0 Å². The second kappa shape index (κ2) is 11.8. The standard InChI is InChI=1S/C20H28N4O4/c1-3-4-5-6-7-8-9-16-10-12-18(13-11-16)28-15-17(25)14-24-19(20(26)27-2)21-22-23-24/h10-13H,3-9,14-15H2,1-2H3. The van der Waals surface area contributed by atoms with E-state index in [0.29, 0.717) is 5.75 Å². The molecule has 0 spiro atoms. The van der Waals surface area contributed by atoms with Crippen molar-refractivity contribution in [3.63, 3.8) is 0 Å². The number of benzene rings is 1. The van der Waals surface area contributed by atoms with Gasteiger partial charge in [0, 0.05) is 0 Å². The molecule has 0 fully saturated rings. The smallest absolute Gasteiger partial charge is 0.377 e. The topological polar surface area (TPSA) is 96.2 Å². The summed E-state index contributed by atoms with van der Waals surface area (Å²) in [6.45, 7) is 1.94. The van der Waals surface area contributed by atoms with Crippen molar-refractivity contribution in [3.05, 3.63) is 35.7 Å². The molecule has 2 rings (SSSR count). The summed E-state index contributed by atoms with van der Waals surface area (Å²) in [5.74, 6) is -0.437. The third-order valence-corrected chi connectivity index (χ3v) is 4.37. The zero-order chi connectivity index (χ0) is 20.2.